The Morgan fingerprint density at radius 3 is 2.63 bits per heavy atom. The van der Waals surface area contributed by atoms with Crippen molar-refractivity contribution in [3.63, 3.8) is 0 Å². The molecular formula is C14H13BrCl2N2. The summed E-state index contributed by atoms with van der Waals surface area (Å²) in [5.41, 5.74) is 2.13. The Morgan fingerprint density at radius 1 is 1.26 bits per heavy atom. The average Bonchev–Trinajstić information content (AvgIpc) is 2.33. The first-order chi connectivity index (χ1) is 8.97. The molecule has 0 fully saturated rings. The zero-order valence-electron chi connectivity index (χ0n) is 10.5. The second kappa shape index (κ2) is 6.12. The van der Waals surface area contributed by atoms with E-state index in [9.17, 15) is 0 Å². The Labute approximate surface area is 131 Å². The normalized spacial score (nSPS) is 12.3. The van der Waals surface area contributed by atoms with Gasteiger partial charge in [0.25, 0.3) is 0 Å². The summed E-state index contributed by atoms with van der Waals surface area (Å²) in [6.07, 6.45) is 1.79. The Morgan fingerprint density at radius 2 is 2.00 bits per heavy atom. The maximum absolute atomic E-state index is 6.19. The largest absolute Gasteiger partial charge is 0.363 e. The van der Waals surface area contributed by atoms with Crippen LogP contribution < -0.4 is 5.32 Å². The molecule has 2 rings (SSSR count). The van der Waals surface area contributed by atoms with Crippen molar-refractivity contribution < 1.29 is 0 Å². The van der Waals surface area contributed by atoms with Gasteiger partial charge >= 0.3 is 0 Å². The fourth-order valence-electron chi connectivity index (χ4n) is 1.77. The minimum atomic E-state index is 0.0536. The van der Waals surface area contributed by atoms with Gasteiger partial charge in [0.2, 0.25) is 0 Å². The van der Waals surface area contributed by atoms with Gasteiger partial charge in [-0.3, -0.25) is 0 Å². The van der Waals surface area contributed by atoms with Gasteiger partial charge < -0.3 is 5.32 Å². The lowest BCUT2D eigenvalue weighted by molar-refractivity contribution is 0.874. The van der Waals surface area contributed by atoms with Crippen LogP contribution in [0.25, 0.3) is 0 Å². The summed E-state index contributed by atoms with van der Waals surface area (Å²) in [5.74, 6) is 0.819. The number of benzene rings is 1. The second-order valence-corrected chi connectivity index (χ2v) is 6.05. The molecule has 0 amide bonds. The van der Waals surface area contributed by atoms with Gasteiger partial charge in [0.1, 0.15) is 5.82 Å². The van der Waals surface area contributed by atoms with Gasteiger partial charge in [-0.1, -0.05) is 29.3 Å². The molecule has 0 radical (unpaired) electrons. The van der Waals surface area contributed by atoms with Gasteiger partial charge in [0, 0.05) is 20.7 Å². The summed E-state index contributed by atoms with van der Waals surface area (Å²) in [6, 6.07) is 7.55. The number of hydrogen-bond acceptors (Lipinski definition) is 2. The molecule has 19 heavy (non-hydrogen) atoms. The predicted octanol–water partition coefficient (Wildman–Crippen LogP) is 5.63. The highest BCUT2D eigenvalue weighted by Gasteiger charge is 2.11. The van der Waals surface area contributed by atoms with Crippen LogP contribution in [-0.2, 0) is 0 Å². The Balaban J connectivity index is 2.20. The van der Waals surface area contributed by atoms with E-state index in [1.54, 1.807) is 12.3 Å². The monoisotopic (exact) mass is 358 g/mol. The highest BCUT2D eigenvalue weighted by molar-refractivity contribution is 9.10. The van der Waals surface area contributed by atoms with Crippen molar-refractivity contribution in [3.8, 4) is 0 Å². The molecule has 0 saturated heterocycles. The smallest absolute Gasteiger partial charge is 0.126 e. The minimum absolute atomic E-state index is 0.0536. The third-order valence-electron chi connectivity index (χ3n) is 2.84. The standard InChI is InChI=1S/C14H13BrCl2N2/c1-8-5-14(18-7-12(8)15)19-9(2)11-4-3-10(16)6-13(11)17/h3-7,9H,1-2H3,(H,18,19). The molecule has 5 heteroatoms. The van der Waals surface area contributed by atoms with E-state index in [0.717, 1.165) is 21.4 Å². The van der Waals surface area contributed by atoms with Crippen LogP contribution in [-0.4, -0.2) is 4.98 Å². The van der Waals surface area contributed by atoms with Crippen molar-refractivity contribution in [3.05, 3.63) is 56.1 Å². The fourth-order valence-corrected chi connectivity index (χ4v) is 2.56. The van der Waals surface area contributed by atoms with Crippen LogP contribution in [0.5, 0.6) is 0 Å². The van der Waals surface area contributed by atoms with Gasteiger partial charge in [-0.05, 0) is 59.1 Å². The lowest BCUT2D eigenvalue weighted by Crippen LogP contribution is -2.08. The summed E-state index contributed by atoms with van der Waals surface area (Å²) >= 11 is 15.5. The molecule has 0 bridgehead atoms. The number of aryl methyl sites for hydroxylation is 1. The van der Waals surface area contributed by atoms with E-state index in [1.165, 1.54) is 0 Å². The molecule has 1 heterocycles. The summed E-state index contributed by atoms with van der Waals surface area (Å²) in [4.78, 5) is 4.32. The molecule has 0 saturated carbocycles. The fraction of sp³-hybridized carbons (Fsp3) is 0.214. The average molecular weight is 360 g/mol. The number of hydrogen-bond donors (Lipinski definition) is 1. The molecule has 1 unspecified atom stereocenters. The maximum Gasteiger partial charge on any atom is 0.126 e. The van der Waals surface area contributed by atoms with Crippen LogP contribution in [0, 0.1) is 6.92 Å². The molecule has 1 N–H and O–H groups in total. The summed E-state index contributed by atoms with van der Waals surface area (Å²) in [6.45, 7) is 4.06. The predicted molar refractivity (Wildman–Crippen MR) is 85.2 cm³/mol. The third-order valence-corrected chi connectivity index (χ3v) is 4.23. The number of nitrogens with one attached hydrogen (secondary N) is 1. The van der Waals surface area contributed by atoms with Crippen molar-refractivity contribution >= 4 is 44.9 Å². The first-order valence-corrected chi connectivity index (χ1v) is 7.36. The first kappa shape index (κ1) is 14.6. The molecule has 1 atom stereocenters. The topological polar surface area (TPSA) is 24.9 Å². The van der Waals surface area contributed by atoms with Crippen molar-refractivity contribution in [2.75, 3.05) is 5.32 Å². The molecule has 100 valence electrons. The van der Waals surface area contributed by atoms with Crippen LogP contribution in [0.3, 0.4) is 0 Å². The lowest BCUT2D eigenvalue weighted by atomic mass is 10.1. The van der Waals surface area contributed by atoms with Crippen molar-refractivity contribution in [1.29, 1.82) is 0 Å². The van der Waals surface area contributed by atoms with Crippen LogP contribution in [0.1, 0.15) is 24.1 Å². The van der Waals surface area contributed by atoms with E-state index in [1.807, 2.05) is 32.0 Å². The highest BCUT2D eigenvalue weighted by Crippen LogP contribution is 2.28. The number of nitrogens with zero attached hydrogens (tertiary/aromatic N) is 1. The number of pyridine rings is 1. The third kappa shape index (κ3) is 3.62. The Hall–Kier alpha value is -0.770. The van der Waals surface area contributed by atoms with E-state index in [4.69, 9.17) is 23.2 Å². The van der Waals surface area contributed by atoms with E-state index in [2.05, 4.69) is 26.2 Å². The zero-order valence-corrected chi connectivity index (χ0v) is 13.6. The van der Waals surface area contributed by atoms with E-state index < -0.39 is 0 Å². The van der Waals surface area contributed by atoms with E-state index >= 15 is 0 Å². The molecule has 1 aromatic carbocycles. The highest BCUT2D eigenvalue weighted by atomic mass is 79.9. The number of halogens is 3. The lowest BCUT2D eigenvalue weighted by Gasteiger charge is -2.17. The van der Waals surface area contributed by atoms with Gasteiger partial charge in [-0.2, -0.15) is 0 Å². The molecule has 2 aromatic rings. The number of aromatic nitrogens is 1. The molecule has 0 aliphatic rings. The van der Waals surface area contributed by atoms with Crippen LogP contribution in [0.15, 0.2) is 34.9 Å². The molecule has 0 aliphatic heterocycles. The first-order valence-electron chi connectivity index (χ1n) is 5.81. The van der Waals surface area contributed by atoms with Crippen LogP contribution in [0.2, 0.25) is 10.0 Å². The molecule has 1 aromatic heterocycles. The van der Waals surface area contributed by atoms with Gasteiger partial charge in [-0.15, -0.1) is 0 Å². The van der Waals surface area contributed by atoms with Crippen LogP contribution >= 0.6 is 39.1 Å². The maximum atomic E-state index is 6.19. The van der Waals surface area contributed by atoms with Crippen molar-refractivity contribution in [2.24, 2.45) is 0 Å². The summed E-state index contributed by atoms with van der Waals surface area (Å²) < 4.78 is 0.996. The number of anilines is 1. The Bertz CT molecular complexity index is 602. The Kier molecular flexibility index (Phi) is 4.71. The van der Waals surface area contributed by atoms with Crippen molar-refractivity contribution in [2.45, 2.75) is 19.9 Å². The molecule has 2 nitrogen and oxygen atoms in total. The van der Waals surface area contributed by atoms with E-state index in [-0.39, 0.29) is 6.04 Å². The van der Waals surface area contributed by atoms with Crippen LogP contribution in [0.4, 0.5) is 5.82 Å². The summed E-state index contributed by atoms with van der Waals surface area (Å²) in [7, 11) is 0. The van der Waals surface area contributed by atoms with Gasteiger partial charge in [0.05, 0.1) is 6.04 Å². The summed E-state index contributed by atoms with van der Waals surface area (Å²) in [5, 5.41) is 4.62. The molecule has 0 aliphatic carbocycles. The van der Waals surface area contributed by atoms with E-state index in [0.29, 0.717) is 10.0 Å². The second-order valence-electron chi connectivity index (χ2n) is 4.35. The minimum Gasteiger partial charge on any atom is -0.363 e. The molecule has 0 spiro atoms. The quantitative estimate of drug-likeness (QED) is 0.767. The SMILES string of the molecule is Cc1cc(NC(C)c2ccc(Cl)cc2Cl)ncc1Br. The zero-order chi connectivity index (χ0) is 14.0. The van der Waals surface area contributed by atoms with Crippen molar-refractivity contribution in [1.82, 2.24) is 4.98 Å². The van der Waals surface area contributed by atoms with Gasteiger partial charge in [0.15, 0.2) is 0 Å². The number of rotatable bonds is 3. The molecular weight excluding hydrogens is 347 g/mol. The van der Waals surface area contributed by atoms with Gasteiger partial charge in [-0.25, -0.2) is 4.98 Å².